The number of amides is 1. The van der Waals surface area contributed by atoms with E-state index in [0.717, 1.165) is 24.1 Å². The molecule has 2 aromatic carbocycles. The molecule has 2 atom stereocenters. The average molecular weight is 331 g/mol. The monoisotopic (exact) mass is 330 g/mol. The van der Waals surface area contributed by atoms with Crippen molar-refractivity contribution in [1.82, 2.24) is 4.90 Å². The van der Waals surface area contributed by atoms with Gasteiger partial charge in [0.1, 0.15) is 0 Å². The largest absolute Gasteiger partial charge is 0.399 e. The SMILES string of the molecule is Cc1ccc(N)cc1C(=O)N1CC(c2ccccc2)CC1C.Cl. The van der Waals surface area contributed by atoms with E-state index in [1.165, 1.54) is 5.56 Å². The molecule has 3 rings (SSSR count). The Bertz CT molecular complexity index is 687. The molecule has 0 spiro atoms. The summed E-state index contributed by atoms with van der Waals surface area (Å²) in [7, 11) is 0. The minimum Gasteiger partial charge on any atom is -0.399 e. The number of carbonyl (C=O) groups excluding carboxylic acids is 1. The molecular weight excluding hydrogens is 308 g/mol. The smallest absolute Gasteiger partial charge is 0.254 e. The zero-order valence-electron chi connectivity index (χ0n) is 13.5. The predicted octanol–water partition coefficient (Wildman–Crippen LogP) is 4.02. The van der Waals surface area contributed by atoms with Crippen LogP contribution in [0, 0.1) is 6.92 Å². The van der Waals surface area contributed by atoms with Crippen molar-refractivity contribution in [1.29, 1.82) is 0 Å². The van der Waals surface area contributed by atoms with Crippen LogP contribution in [0.4, 0.5) is 5.69 Å². The Morgan fingerprint density at radius 2 is 1.87 bits per heavy atom. The topological polar surface area (TPSA) is 46.3 Å². The van der Waals surface area contributed by atoms with Crippen LogP contribution in [-0.2, 0) is 0 Å². The molecule has 0 saturated carbocycles. The number of rotatable bonds is 2. The number of hydrogen-bond acceptors (Lipinski definition) is 2. The highest BCUT2D eigenvalue weighted by atomic mass is 35.5. The van der Waals surface area contributed by atoms with E-state index >= 15 is 0 Å². The van der Waals surface area contributed by atoms with Crippen molar-refractivity contribution in [3.05, 3.63) is 65.2 Å². The number of halogens is 1. The lowest BCUT2D eigenvalue weighted by Gasteiger charge is -2.22. The number of hydrogen-bond donors (Lipinski definition) is 1. The predicted molar refractivity (Wildman–Crippen MR) is 97.1 cm³/mol. The average Bonchev–Trinajstić information content (AvgIpc) is 2.92. The molecule has 3 nitrogen and oxygen atoms in total. The van der Waals surface area contributed by atoms with Crippen molar-refractivity contribution < 1.29 is 4.79 Å². The van der Waals surface area contributed by atoms with Gasteiger partial charge in [-0.05, 0) is 43.5 Å². The fourth-order valence-electron chi connectivity index (χ4n) is 3.31. The highest BCUT2D eigenvalue weighted by molar-refractivity contribution is 5.97. The summed E-state index contributed by atoms with van der Waals surface area (Å²) in [6, 6.07) is 16.2. The lowest BCUT2D eigenvalue weighted by Crippen LogP contribution is -2.34. The van der Waals surface area contributed by atoms with E-state index in [2.05, 4.69) is 31.2 Å². The summed E-state index contributed by atoms with van der Waals surface area (Å²) in [5, 5.41) is 0. The van der Waals surface area contributed by atoms with Gasteiger partial charge < -0.3 is 10.6 Å². The number of nitrogens with zero attached hydrogens (tertiary/aromatic N) is 1. The van der Waals surface area contributed by atoms with Gasteiger partial charge in [0.25, 0.3) is 5.91 Å². The van der Waals surface area contributed by atoms with Gasteiger partial charge in [-0.1, -0.05) is 36.4 Å². The van der Waals surface area contributed by atoms with Gasteiger partial charge in [-0.2, -0.15) is 0 Å². The zero-order chi connectivity index (χ0) is 15.7. The number of nitrogen functional groups attached to an aromatic ring is 1. The third-order valence-electron chi connectivity index (χ3n) is 4.60. The van der Waals surface area contributed by atoms with Crippen LogP contribution in [0.1, 0.15) is 40.7 Å². The molecule has 0 aliphatic carbocycles. The second-order valence-electron chi connectivity index (χ2n) is 6.22. The third-order valence-corrected chi connectivity index (χ3v) is 4.60. The van der Waals surface area contributed by atoms with Crippen LogP contribution in [0.25, 0.3) is 0 Å². The summed E-state index contributed by atoms with van der Waals surface area (Å²) in [5.74, 6) is 0.511. The Morgan fingerprint density at radius 3 is 2.57 bits per heavy atom. The summed E-state index contributed by atoms with van der Waals surface area (Å²) in [6.07, 6.45) is 1.01. The minimum atomic E-state index is 0. The molecule has 2 aromatic rings. The van der Waals surface area contributed by atoms with E-state index in [0.29, 0.717) is 11.6 Å². The quantitative estimate of drug-likeness (QED) is 0.845. The maximum atomic E-state index is 12.9. The van der Waals surface area contributed by atoms with Gasteiger partial charge in [0.05, 0.1) is 0 Å². The molecule has 0 bridgehead atoms. The fourth-order valence-corrected chi connectivity index (χ4v) is 3.31. The van der Waals surface area contributed by atoms with Crippen LogP contribution >= 0.6 is 12.4 Å². The molecule has 0 radical (unpaired) electrons. The summed E-state index contributed by atoms with van der Waals surface area (Å²) < 4.78 is 0. The first-order valence-corrected chi connectivity index (χ1v) is 7.78. The summed E-state index contributed by atoms with van der Waals surface area (Å²) >= 11 is 0. The fraction of sp³-hybridized carbons (Fsp3) is 0.316. The summed E-state index contributed by atoms with van der Waals surface area (Å²) in [4.78, 5) is 14.9. The molecule has 1 amide bonds. The number of carbonyl (C=O) groups is 1. The third kappa shape index (κ3) is 3.50. The maximum Gasteiger partial charge on any atom is 0.254 e. The summed E-state index contributed by atoms with van der Waals surface area (Å²) in [6.45, 7) is 4.86. The Labute approximate surface area is 143 Å². The van der Waals surface area contributed by atoms with E-state index in [4.69, 9.17) is 5.73 Å². The molecule has 4 heteroatoms. The van der Waals surface area contributed by atoms with Crippen LogP contribution in [-0.4, -0.2) is 23.4 Å². The van der Waals surface area contributed by atoms with Gasteiger partial charge in [0.2, 0.25) is 0 Å². The molecule has 1 saturated heterocycles. The number of anilines is 1. The van der Waals surface area contributed by atoms with Crippen LogP contribution in [0.5, 0.6) is 0 Å². The van der Waals surface area contributed by atoms with E-state index in [1.54, 1.807) is 6.07 Å². The molecule has 122 valence electrons. The second kappa shape index (κ2) is 7.05. The first-order chi connectivity index (χ1) is 10.6. The molecule has 2 N–H and O–H groups in total. The Balaban J connectivity index is 0.00000192. The van der Waals surface area contributed by atoms with Crippen molar-refractivity contribution in [3.8, 4) is 0 Å². The highest BCUT2D eigenvalue weighted by Gasteiger charge is 2.34. The molecular formula is C19H23ClN2O. The lowest BCUT2D eigenvalue weighted by molar-refractivity contribution is 0.0745. The van der Waals surface area contributed by atoms with Crippen LogP contribution in [0.3, 0.4) is 0 Å². The number of benzene rings is 2. The van der Waals surface area contributed by atoms with Gasteiger partial charge in [-0.25, -0.2) is 0 Å². The number of aryl methyl sites for hydroxylation is 1. The van der Waals surface area contributed by atoms with E-state index in [-0.39, 0.29) is 24.4 Å². The first-order valence-electron chi connectivity index (χ1n) is 7.78. The Hall–Kier alpha value is -2.00. The van der Waals surface area contributed by atoms with E-state index < -0.39 is 0 Å². The normalized spacial score (nSPS) is 20.2. The van der Waals surface area contributed by atoms with Gasteiger partial charge in [0.15, 0.2) is 0 Å². The highest BCUT2D eigenvalue weighted by Crippen LogP contribution is 2.33. The van der Waals surface area contributed by atoms with E-state index in [1.807, 2.05) is 30.0 Å². The van der Waals surface area contributed by atoms with Crippen LogP contribution < -0.4 is 5.73 Å². The van der Waals surface area contributed by atoms with Gasteiger partial charge in [0, 0.05) is 29.8 Å². The number of likely N-dealkylation sites (tertiary alicyclic amines) is 1. The first kappa shape index (κ1) is 17.4. The zero-order valence-corrected chi connectivity index (χ0v) is 14.3. The Morgan fingerprint density at radius 1 is 1.17 bits per heavy atom. The van der Waals surface area contributed by atoms with Crippen molar-refractivity contribution >= 4 is 24.0 Å². The lowest BCUT2D eigenvalue weighted by atomic mass is 9.97. The molecule has 1 fully saturated rings. The van der Waals surface area contributed by atoms with Gasteiger partial charge in [-0.15, -0.1) is 12.4 Å². The standard InChI is InChI=1S/C19H22N2O.ClH/c1-13-8-9-17(20)11-18(13)19(22)21-12-16(10-14(21)2)15-6-4-3-5-7-15;/h3-9,11,14,16H,10,12,20H2,1-2H3;1H. The molecule has 1 aliphatic heterocycles. The van der Waals surface area contributed by atoms with Crippen molar-refractivity contribution in [3.63, 3.8) is 0 Å². The maximum absolute atomic E-state index is 12.9. The van der Waals surface area contributed by atoms with Crippen molar-refractivity contribution in [2.45, 2.75) is 32.2 Å². The second-order valence-corrected chi connectivity index (χ2v) is 6.22. The molecule has 1 heterocycles. The van der Waals surface area contributed by atoms with Crippen molar-refractivity contribution in [2.75, 3.05) is 12.3 Å². The van der Waals surface area contributed by atoms with Crippen LogP contribution in [0.2, 0.25) is 0 Å². The number of nitrogens with two attached hydrogens (primary N) is 1. The molecule has 2 unspecified atom stereocenters. The van der Waals surface area contributed by atoms with Crippen LogP contribution in [0.15, 0.2) is 48.5 Å². The van der Waals surface area contributed by atoms with E-state index in [9.17, 15) is 4.79 Å². The van der Waals surface area contributed by atoms with Crippen molar-refractivity contribution in [2.24, 2.45) is 0 Å². The molecule has 0 aromatic heterocycles. The van der Waals surface area contributed by atoms with Gasteiger partial charge >= 0.3 is 0 Å². The Kier molecular flexibility index (Phi) is 5.32. The molecule has 23 heavy (non-hydrogen) atoms. The summed E-state index contributed by atoms with van der Waals surface area (Å²) in [5.41, 5.74) is 9.50. The van der Waals surface area contributed by atoms with Gasteiger partial charge in [-0.3, -0.25) is 4.79 Å². The molecule has 1 aliphatic rings. The minimum absolute atomic E-state index is 0.